The van der Waals surface area contributed by atoms with Crippen molar-refractivity contribution in [1.82, 2.24) is 14.2 Å². The number of aryl methyl sites for hydroxylation is 1. The summed E-state index contributed by atoms with van der Waals surface area (Å²) in [6.45, 7) is 3.72. The maximum absolute atomic E-state index is 13.3. The van der Waals surface area contributed by atoms with Gasteiger partial charge in [0.1, 0.15) is 10.6 Å². The lowest BCUT2D eigenvalue weighted by atomic mass is 10.2. The van der Waals surface area contributed by atoms with Crippen LogP contribution in [0.1, 0.15) is 18.4 Å². The smallest absolute Gasteiger partial charge is 0.245 e. The van der Waals surface area contributed by atoms with Crippen molar-refractivity contribution in [3.05, 3.63) is 66.4 Å². The molecule has 0 aliphatic carbocycles. The van der Waals surface area contributed by atoms with E-state index in [2.05, 4.69) is 4.98 Å². The van der Waals surface area contributed by atoms with Crippen LogP contribution in [0.4, 0.5) is 0 Å². The number of carbonyl (C=O) groups is 1. The van der Waals surface area contributed by atoms with Gasteiger partial charge in [0.15, 0.2) is 0 Å². The molecule has 1 fully saturated rings. The number of fused-ring (bicyclic) bond motifs is 1. The molecule has 2 aromatic carbocycles. The molecule has 168 valence electrons. The van der Waals surface area contributed by atoms with E-state index in [1.165, 1.54) is 4.31 Å². The van der Waals surface area contributed by atoms with Crippen molar-refractivity contribution in [2.24, 2.45) is 0 Å². The van der Waals surface area contributed by atoms with E-state index in [0.717, 1.165) is 16.7 Å². The summed E-state index contributed by atoms with van der Waals surface area (Å²) in [5.74, 6) is 0.817. The second-order valence-electron chi connectivity index (χ2n) is 7.89. The van der Waals surface area contributed by atoms with Gasteiger partial charge in [0.05, 0.1) is 12.1 Å². The Morgan fingerprint density at radius 3 is 2.53 bits per heavy atom. The lowest BCUT2D eigenvalue weighted by molar-refractivity contribution is -0.132. The molecule has 0 N–H and O–H groups in total. The number of pyridine rings is 1. The van der Waals surface area contributed by atoms with Gasteiger partial charge in [-0.05, 0) is 43.2 Å². The summed E-state index contributed by atoms with van der Waals surface area (Å²) in [4.78, 5) is 18.9. The number of hydrogen-bond donors (Lipinski definition) is 0. The number of para-hydroxylation sites is 2. The first-order chi connectivity index (χ1) is 15.4. The molecule has 1 amide bonds. The summed E-state index contributed by atoms with van der Waals surface area (Å²) in [7, 11) is -3.69. The van der Waals surface area contributed by atoms with Crippen LogP contribution in [-0.4, -0.2) is 61.3 Å². The summed E-state index contributed by atoms with van der Waals surface area (Å²) in [5.41, 5.74) is 1.46. The topological polar surface area (TPSA) is 79.8 Å². The molecule has 8 heteroatoms. The zero-order valence-electron chi connectivity index (χ0n) is 18.1. The third-order valence-electron chi connectivity index (χ3n) is 5.57. The molecular formula is C24H27N3O4S. The summed E-state index contributed by atoms with van der Waals surface area (Å²) in [6.07, 6.45) is 2.68. The molecular weight excluding hydrogens is 426 g/mol. The van der Waals surface area contributed by atoms with Gasteiger partial charge in [-0.15, -0.1) is 0 Å². The fourth-order valence-electron chi connectivity index (χ4n) is 3.86. The van der Waals surface area contributed by atoms with Crippen LogP contribution in [0.5, 0.6) is 5.75 Å². The number of ether oxygens (including phenoxy) is 1. The molecule has 2 heterocycles. The van der Waals surface area contributed by atoms with Crippen molar-refractivity contribution in [3.63, 3.8) is 0 Å². The average molecular weight is 454 g/mol. The first-order valence-electron chi connectivity index (χ1n) is 10.8. The van der Waals surface area contributed by atoms with Gasteiger partial charge in [-0.3, -0.25) is 9.78 Å². The van der Waals surface area contributed by atoms with Crippen molar-refractivity contribution in [2.45, 2.75) is 24.7 Å². The SMILES string of the molecule is Cc1cnc2c(S(=O)(=O)N3CCN(C(=O)CCCOc4ccccc4)CC3)cccc2c1. The Labute approximate surface area is 188 Å². The summed E-state index contributed by atoms with van der Waals surface area (Å²) < 4.78 is 33.6. The second-order valence-corrected chi connectivity index (χ2v) is 9.80. The zero-order valence-corrected chi connectivity index (χ0v) is 18.9. The van der Waals surface area contributed by atoms with Crippen LogP contribution in [0.25, 0.3) is 10.9 Å². The van der Waals surface area contributed by atoms with Gasteiger partial charge in [-0.1, -0.05) is 30.3 Å². The molecule has 3 aromatic rings. The van der Waals surface area contributed by atoms with E-state index in [1.54, 1.807) is 23.2 Å². The quantitative estimate of drug-likeness (QED) is 0.513. The van der Waals surface area contributed by atoms with Gasteiger partial charge < -0.3 is 9.64 Å². The predicted octanol–water partition coefficient (Wildman–Crippen LogP) is 3.24. The fourth-order valence-corrected chi connectivity index (χ4v) is 5.44. The third kappa shape index (κ3) is 4.92. The molecule has 1 aliphatic heterocycles. The Balaban J connectivity index is 1.32. The van der Waals surface area contributed by atoms with Crippen molar-refractivity contribution < 1.29 is 17.9 Å². The average Bonchev–Trinajstić information content (AvgIpc) is 2.82. The van der Waals surface area contributed by atoms with Crippen LogP contribution in [0.15, 0.2) is 65.7 Å². The molecule has 32 heavy (non-hydrogen) atoms. The molecule has 0 atom stereocenters. The van der Waals surface area contributed by atoms with E-state index in [0.29, 0.717) is 38.1 Å². The van der Waals surface area contributed by atoms with E-state index in [9.17, 15) is 13.2 Å². The van der Waals surface area contributed by atoms with Crippen LogP contribution in [0, 0.1) is 6.92 Å². The van der Waals surface area contributed by atoms with Crippen molar-refractivity contribution in [2.75, 3.05) is 32.8 Å². The van der Waals surface area contributed by atoms with Crippen LogP contribution in [0.3, 0.4) is 0 Å². The first kappa shape index (κ1) is 22.2. The maximum Gasteiger partial charge on any atom is 0.245 e. The lowest BCUT2D eigenvalue weighted by Crippen LogP contribution is -2.50. The highest BCUT2D eigenvalue weighted by Crippen LogP contribution is 2.25. The Hall–Kier alpha value is -2.97. The highest BCUT2D eigenvalue weighted by Gasteiger charge is 2.31. The Morgan fingerprint density at radius 1 is 1.03 bits per heavy atom. The molecule has 4 rings (SSSR count). The summed E-state index contributed by atoms with van der Waals surface area (Å²) in [6, 6.07) is 16.6. The van der Waals surface area contributed by atoms with E-state index < -0.39 is 10.0 Å². The highest BCUT2D eigenvalue weighted by atomic mass is 32.2. The largest absolute Gasteiger partial charge is 0.494 e. The number of nitrogens with zero attached hydrogens (tertiary/aromatic N) is 3. The van der Waals surface area contributed by atoms with Gasteiger partial charge in [-0.2, -0.15) is 4.31 Å². The Morgan fingerprint density at radius 2 is 1.78 bits per heavy atom. The van der Waals surface area contributed by atoms with E-state index in [1.807, 2.05) is 49.4 Å². The molecule has 0 saturated carbocycles. The lowest BCUT2D eigenvalue weighted by Gasteiger charge is -2.34. The van der Waals surface area contributed by atoms with Crippen LogP contribution >= 0.6 is 0 Å². The number of sulfonamides is 1. The minimum Gasteiger partial charge on any atom is -0.494 e. The number of aromatic nitrogens is 1. The minimum absolute atomic E-state index is 0.0287. The standard InChI is InChI=1S/C24H27N3O4S/c1-19-17-20-7-5-10-22(24(20)25-18-19)32(29,30)27-14-12-26(13-15-27)23(28)11-6-16-31-21-8-3-2-4-9-21/h2-5,7-10,17-18H,6,11-16H2,1H3. The maximum atomic E-state index is 13.3. The number of amides is 1. The minimum atomic E-state index is -3.69. The molecule has 1 aromatic heterocycles. The first-order valence-corrected chi connectivity index (χ1v) is 12.2. The van der Waals surface area contributed by atoms with Crippen molar-refractivity contribution in [1.29, 1.82) is 0 Å². The predicted molar refractivity (Wildman–Crippen MR) is 123 cm³/mol. The van der Waals surface area contributed by atoms with Gasteiger partial charge in [0.25, 0.3) is 0 Å². The van der Waals surface area contributed by atoms with Gasteiger partial charge in [0, 0.05) is 44.2 Å². The van der Waals surface area contributed by atoms with Crippen LogP contribution in [0.2, 0.25) is 0 Å². The highest BCUT2D eigenvalue weighted by molar-refractivity contribution is 7.89. The normalized spacial score (nSPS) is 15.1. The van der Waals surface area contributed by atoms with Crippen molar-refractivity contribution in [3.8, 4) is 5.75 Å². The molecule has 0 radical (unpaired) electrons. The molecule has 0 unspecified atom stereocenters. The van der Waals surface area contributed by atoms with Gasteiger partial charge >= 0.3 is 0 Å². The van der Waals surface area contributed by atoms with Crippen LogP contribution < -0.4 is 4.74 Å². The Bertz CT molecular complexity index is 1190. The van der Waals surface area contributed by atoms with Crippen molar-refractivity contribution >= 4 is 26.8 Å². The van der Waals surface area contributed by atoms with Crippen LogP contribution in [-0.2, 0) is 14.8 Å². The molecule has 1 saturated heterocycles. The Kier molecular flexibility index (Phi) is 6.72. The molecule has 0 bridgehead atoms. The number of carbonyl (C=O) groups excluding carboxylic acids is 1. The van der Waals surface area contributed by atoms with E-state index >= 15 is 0 Å². The number of benzene rings is 2. The molecule has 7 nitrogen and oxygen atoms in total. The van der Waals surface area contributed by atoms with Gasteiger partial charge in [0.2, 0.25) is 15.9 Å². The second kappa shape index (κ2) is 9.67. The fraction of sp³-hybridized carbons (Fsp3) is 0.333. The zero-order chi connectivity index (χ0) is 22.6. The number of piperazine rings is 1. The number of hydrogen-bond acceptors (Lipinski definition) is 5. The summed E-state index contributed by atoms with van der Waals surface area (Å²) >= 11 is 0. The summed E-state index contributed by atoms with van der Waals surface area (Å²) in [5, 5.41) is 0.803. The van der Waals surface area contributed by atoms with E-state index in [4.69, 9.17) is 4.74 Å². The number of rotatable bonds is 7. The third-order valence-corrected chi connectivity index (χ3v) is 7.50. The molecule has 1 aliphatic rings. The van der Waals surface area contributed by atoms with E-state index in [-0.39, 0.29) is 23.9 Å². The monoisotopic (exact) mass is 453 g/mol. The molecule has 0 spiro atoms. The van der Waals surface area contributed by atoms with Gasteiger partial charge in [-0.25, -0.2) is 8.42 Å².